The molecule has 15 heavy (non-hydrogen) atoms. The van der Waals surface area contributed by atoms with Crippen molar-refractivity contribution in [1.82, 2.24) is 0 Å². The van der Waals surface area contributed by atoms with Gasteiger partial charge in [0, 0.05) is 6.42 Å². The zero-order chi connectivity index (χ0) is 11.4. The lowest BCUT2D eigenvalue weighted by Crippen LogP contribution is -1.83. The molecular weight excluding hydrogens is 184 g/mol. The van der Waals surface area contributed by atoms with Crippen LogP contribution in [0.4, 0.5) is 0 Å². The second-order valence-corrected chi connectivity index (χ2v) is 4.36. The van der Waals surface area contributed by atoms with Gasteiger partial charge in [-0.1, -0.05) is 52.4 Å². The van der Waals surface area contributed by atoms with Crippen LogP contribution < -0.4 is 0 Å². The van der Waals surface area contributed by atoms with Gasteiger partial charge >= 0.3 is 0 Å². The van der Waals surface area contributed by atoms with Crippen molar-refractivity contribution in [3.05, 3.63) is 11.8 Å². The van der Waals surface area contributed by atoms with E-state index >= 15 is 0 Å². The third-order valence-electron chi connectivity index (χ3n) is 2.72. The zero-order valence-corrected chi connectivity index (χ0v) is 10.6. The van der Waals surface area contributed by atoms with Crippen LogP contribution >= 0.6 is 0 Å². The fraction of sp³-hybridized carbons (Fsp3) is 0.857. The van der Waals surface area contributed by atoms with Crippen LogP contribution in [0.1, 0.15) is 78.1 Å². The lowest BCUT2D eigenvalue weighted by molar-refractivity contribution is 0.379. The fourth-order valence-corrected chi connectivity index (χ4v) is 1.65. The van der Waals surface area contributed by atoms with E-state index in [1.165, 1.54) is 38.5 Å². The zero-order valence-electron chi connectivity index (χ0n) is 10.6. The normalized spacial score (nSPS) is 12.0. The summed E-state index contributed by atoms with van der Waals surface area (Å²) in [5, 5.41) is 9.48. The van der Waals surface area contributed by atoms with E-state index in [-0.39, 0.29) is 0 Å². The van der Waals surface area contributed by atoms with E-state index in [4.69, 9.17) is 0 Å². The highest BCUT2D eigenvalue weighted by Crippen LogP contribution is 2.10. The predicted molar refractivity (Wildman–Crippen MR) is 68.2 cm³/mol. The predicted octanol–water partition coefficient (Wildman–Crippen LogP) is 5.37. The molecule has 0 saturated carbocycles. The summed E-state index contributed by atoms with van der Waals surface area (Å²) in [6.45, 7) is 4.40. The lowest BCUT2D eigenvalue weighted by Gasteiger charge is -2.00. The Kier molecular flexibility index (Phi) is 11.3. The minimum Gasteiger partial charge on any atom is -0.513 e. The van der Waals surface area contributed by atoms with E-state index in [2.05, 4.69) is 13.8 Å². The van der Waals surface area contributed by atoms with E-state index in [0.29, 0.717) is 5.76 Å². The molecule has 0 aliphatic heterocycles. The van der Waals surface area contributed by atoms with Gasteiger partial charge in [-0.15, -0.1) is 0 Å². The molecule has 0 aliphatic rings. The molecule has 0 aromatic carbocycles. The Morgan fingerprint density at radius 3 is 2.13 bits per heavy atom. The third kappa shape index (κ3) is 11.5. The van der Waals surface area contributed by atoms with E-state index in [0.717, 1.165) is 25.7 Å². The Hall–Kier alpha value is -0.460. The maximum Gasteiger partial charge on any atom is 0.0882 e. The van der Waals surface area contributed by atoms with Crippen LogP contribution in [0, 0.1) is 0 Å². The van der Waals surface area contributed by atoms with Crippen molar-refractivity contribution >= 4 is 0 Å². The summed E-state index contributed by atoms with van der Waals surface area (Å²) in [4.78, 5) is 0. The number of unbranched alkanes of at least 4 members (excludes halogenated alkanes) is 7. The van der Waals surface area contributed by atoms with Crippen LogP contribution in [0.15, 0.2) is 11.8 Å². The first kappa shape index (κ1) is 14.5. The SMILES string of the molecule is CCCCCCCC/C=C(\O)CCCC. The smallest absolute Gasteiger partial charge is 0.0882 e. The van der Waals surface area contributed by atoms with Crippen LogP contribution in [-0.2, 0) is 0 Å². The number of hydrogen-bond donors (Lipinski definition) is 1. The second kappa shape index (κ2) is 11.6. The molecule has 0 fully saturated rings. The molecule has 0 aromatic heterocycles. The van der Waals surface area contributed by atoms with Crippen LogP contribution in [-0.4, -0.2) is 5.11 Å². The van der Waals surface area contributed by atoms with Gasteiger partial charge in [0.25, 0.3) is 0 Å². The first-order chi connectivity index (χ1) is 7.31. The van der Waals surface area contributed by atoms with Gasteiger partial charge in [0.2, 0.25) is 0 Å². The summed E-state index contributed by atoms with van der Waals surface area (Å²) in [6.07, 6.45) is 14.2. The lowest BCUT2D eigenvalue weighted by atomic mass is 10.1. The van der Waals surface area contributed by atoms with Gasteiger partial charge in [0.15, 0.2) is 0 Å². The average Bonchev–Trinajstić information content (AvgIpc) is 2.25. The molecule has 0 radical (unpaired) electrons. The summed E-state index contributed by atoms with van der Waals surface area (Å²) >= 11 is 0. The monoisotopic (exact) mass is 212 g/mol. The Labute approximate surface area is 95.6 Å². The standard InChI is InChI=1S/C14H28O/c1-3-5-7-8-9-10-11-13-14(15)12-6-4-2/h13,15H,3-12H2,1-2H3/b14-13-. The minimum absolute atomic E-state index is 0.602. The number of rotatable bonds is 10. The number of hydrogen-bond acceptors (Lipinski definition) is 1. The summed E-state index contributed by atoms with van der Waals surface area (Å²) in [5.41, 5.74) is 0. The van der Waals surface area contributed by atoms with Gasteiger partial charge in [-0.05, 0) is 25.3 Å². The molecule has 0 aliphatic carbocycles. The van der Waals surface area contributed by atoms with Crippen LogP contribution in [0.25, 0.3) is 0 Å². The molecule has 0 aromatic rings. The van der Waals surface area contributed by atoms with Crippen molar-refractivity contribution in [3.63, 3.8) is 0 Å². The number of aliphatic hydroxyl groups is 1. The van der Waals surface area contributed by atoms with Gasteiger partial charge < -0.3 is 5.11 Å². The third-order valence-corrected chi connectivity index (χ3v) is 2.72. The number of allylic oxidation sites excluding steroid dienone is 2. The largest absolute Gasteiger partial charge is 0.513 e. The molecular formula is C14H28O. The summed E-state index contributed by atoms with van der Waals surface area (Å²) < 4.78 is 0. The van der Waals surface area contributed by atoms with Crippen LogP contribution in [0.5, 0.6) is 0 Å². The fourth-order valence-electron chi connectivity index (χ4n) is 1.65. The molecule has 1 nitrogen and oxygen atoms in total. The summed E-state index contributed by atoms with van der Waals surface area (Å²) in [7, 11) is 0. The van der Waals surface area contributed by atoms with Crippen molar-refractivity contribution in [3.8, 4) is 0 Å². The van der Waals surface area contributed by atoms with Crippen molar-refractivity contribution < 1.29 is 5.11 Å². The first-order valence-electron chi connectivity index (χ1n) is 6.69. The van der Waals surface area contributed by atoms with Crippen LogP contribution in [0.3, 0.4) is 0 Å². The maximum atomic E-state index is 9.48. The highest BCUT2D eigenvalue weighted by molar-refractivity contribution is 4.90. The molecule has 0 bridgehead atoms. The van der Waals surface area contributed by atoms with Crippen molar-refractivity contribution in [2.45, 2.75) is 78.1 Å². The molecule has 0 spiro atoms. The van der Waals surface area contributed by atoms with Crippen molar-refractivity contribution in [1.29, 1.82) is 0 Å². The van der Waals surface area contributed by atoms with Gasteiger partial charge in [0.1, 0.15) is 0 Å². The topological polar surface area (TPSA) is 20.2 Å². The minimum atomic E-state index is 0.602. The molecule has 0 amide bonds. The van der Waals surface area contributed by atoms with Gasteiger partial charge in [0.05, 0.1) is 5.76 Å². The Bertz CT molecular complexity index is 149. The van der Waals surface area contributed by atoms with Crippen molar-refractivity contribution in [2.75, 3.05) is 0 Å². The second-order valence-electron chi connectivity index (χ2n) is 4.36. The van der Waals surface area contributed by atoms with Gasteiger partial charge in [-0.3, -0.25) is 0 Å². The molecule has 90 valence electrons. The molecule has 0 saturated heterocycles. The Morgan fingerprint density at radius 1 is 0.867 bits per heavy atom. The quantitative estimate of drug-likeness (QED) is 0.381. The van der Waals surface area contributed by atoms with Crippen LogP contribution in [0.2, 0.25) is 0 Å². The summed E-state index contributed by atoms with van der Waals surface area (Å²) in [6, 6.07) is 0. The molecule has 1 N–H and O–H groups in total. The molecule has 0 rings (SSSR count). The first-order valence-corrected chi connectivity index (χ1v) is 6.69. The Morgan fingerprint density at radius 2 is 1.47 bits per heavy atom. The molecule has 0 atom stereocenters. The average molecular weight is 212 g/mol. The van der Waals surface area contributed by atoms with E-state index < -0.39 is 0 Å². The van der Waals surface area contributed by atoms with E-state index in [9.17, 15) is 5.11 Å². The van der Waals surface area contributed by atoms with Gasteiger partial charge in [-0.25, -0.2) is 0 Å². The molecule has 0 unspecified atom stereocenters. The molecule has 0 heterocycles. The van der Waals surface area contributed by atoms with Gasteiger partial charge in [-0.2, -0.15) is 0 Å². The van der Waals surface area contributed by atoms with E-state index in [1.54, 1.807) is 0 Å². The number of aliphatic hydroxyl groups excluding tert-OH is 1. The maximum absolute atomic E-state index is 9.48. The van der Waals surface area contributed by atoms with E-state index in [1.807, 2.05) is 6.08 Å². The molecule has 1 heteroatoms. The van der Waals surface area contributed by atoms with Crippen molar-refractivity contribution in [2.24, 2.45) is 0 Å². The highest BCUT2D eigenvalue weighted by atomic mass is 16.3. The Balaban J connectivity index is 3.20. The highest BCUT2D eigenvalue weighted by Gasteiger charge is 1.92. The summed E-state index contributed by atoms with van der Waals surface area (Å²) in [5.74, 6) is 0.602.